The van der Waals surface area contributed by atoms with Crippen molar-refractivity contribution in [1.82, 2.24) is 9.97 Å². The van der Waals surface area contributed by atoms with Crippen LogP contribution in [0.15, 0.2) is 30.5 Å². The molecule has 2 rings (SSSR count). The minimum Gasteiger partial charge on any atom is -0.497 e. The maximum Gasteiger partial charge on any atom is 0.405 e. The van der Waals surface area contributed by atoms with Crippen molar-refractivity contribution in [2.24, 2.45) is 5.73 Å². The fraction of sp³-hybridized carbons (Fsp3) is 0.444. The lowest BCUT2D eigenvalue weighted by Gasteiger charge is -2.14. The molecule has 1 aromatic carbocycles. The fourth-order valence-corrected chi connectivity index (χ4v) is 2.56. The van der Waals surface area contributed by atoms with Gasteiger partial charge in [0.2, 0.25) is 0 Å². The van der Waals surface area contributed by atoms with Crippen molar-refractivity contribution in [3.63, 3.8) is 0 Å². The molecule has 1 heterocycles. The number of imidazole rings is 1. The second-order valence-electron chi connectivity index (χ2n) is 5.67. The summed E-state index contributed by atoms with van der Waals surface area (Å²) >= 11 is 0. The number of nitrogens with two attached hydrogens (primary N) is 1. The van der Waals surface area contributed by atoms with Gasteiger partial charge in [-0.3, -0.25) is 0 Å². The topological polar surface area (TPSA) is 90.2 Å². The summed E-state index contributed by atoms with van der Waals surface area (Å²) in [4.78, 5) is 18.8. The SMILES string of the molecule is CCCCCC[C@H](OC(N)=O)c1nc(-c2ccc(OC)cc2)c[nH]1. The average molecular weight is 331 g/mol. The van der Waals surface area contributed by atoms with Crippen LogP contribution in [-0.2, 0) is 4.74 Å². The summed E-state index contributed by atoms with van der Waals surface area (Å²) in [7, 11) is 1.63. The van der Waals surface area contributed by atoms with Gasteiger partial charge in [0.05, 0.1) is 12.8 Å². The Labute approximate surface area is 142 Å². The Bertz CT molecular complexity index is 637. The maximum absolute atomic E-state index is 11.2. The van der Waals surface area contributed by atoms with Crippen LogP contribution < -0.4 is 10.5 Å². The molecular weight excluding hydrogens is 306 g/mol. The van der Waals surface area contributed by atoms with Crippen LogP contribution in [0.5, 0.6) is 5.75 Å². The number of carbonyl (C=O) groups excluding carboxylic acids is 1. The Balaban J connectivity index is 2.09. The molecule has 24 heavy (non-hydrogen) atoms. The molecule has 2 aromatic rings. The number of carbonyl (C=O) groups is 1. The summed E-state index contributed by atoms with van der Waals surface area (Å²) < 4.78 is 10.4. The number of nitrogens with one attached hydrogen (secondary N) is 1. The van der Waals surface area contributed by atoms with Crippen LogP contribution in [-0.4, -0.2) is 23.2 Å². The molecular formula is C18H25N3O3. The van der Waals surface area contributed by atoms with Crippen LogP contribution in [0.1, 0.15) is 51.0 Å². The molecule has 0 fully saturated rings. The van der Waals surface area contributed by atoms with Gasteiger partial charge in [0.25, 0.3) is 0 Å². The number of hydrogen-bond donors (Lipinski definition) is 2. The highest BCUT2D eigenvalue weighted by Gasteiger charge is 2.19. The van der Waals surface area contributed by atoms with Crippen LogP contribution in [0.25, 0.3) is 11.3 Å². The number of rotatable bonds is 9. The zero-order chi connectivity index (χ0) is 17.4. The van der Waals surface area contributed by atoms with Crippen molar-refractivity contribution in [3.05, 3.63) is 36.3 Å². The first-order valence-electron chi connectivity index (χ1n) is 8.29. The molecule has 6 heteroatoms. The lowest BCUT2D eigenvalue weighted by Crippen LogP contribution is -2.18. The average Bonchev–Trinajstić information content (AvgIpc) is 3.07. The van der Waals surface area contributed by atoms with Crippen LogP contribution in [0.2, 0.25) is 0 Å². The van der Waals surface area contributed by atoms with E-state index in [1.807, 2.05) is 24.3 Å². The highest BCUT2D eigenvalue weighted by Crippen LogP contribution is 2.26. The van der Waals surface area contributed by atoms with Crippen LogP contribution in [0, 0.1) is 0 Å². The van der Waals surface area contributed by atoms with Gasteiger partial charge in [0.15, 0.2) is 6.10 Å². The van der Waals surface area contributed by atoms with Crippen molar-refractivity contribution in [2.45, 2.75) is 45.1 Å². The molecule has 130 valence electrons. The molecule has 0 spiro atoms. The van der Waals surface area contributed by atoms with E-state index >= 15 is 0 Å². The lowest BCUT2D eigenvalue weighted by atomic mass is 10.1. The molecule has 0 aliphatic carbocycles. The number of amides is 1. The van der Waals surface area contributed by atoms with Crippen molar-refractivity contribution >= 4 is 6.09 Å². The van der Waals surface area contributed by atoms with Crippen LogP contribution in [0.4, 0.5) is 4.79 Å². The van der Waals surface area contributed by atoms with Gasteiger partial charge in [-0.15, -0.1) is 0 Å². The summed E-state index contributed by atoms with van der Waals surface area (Å²) in [6, 6.07) is 7.63. The van der Waals surface area contributed by atoms with E-state index in [1.54, 1.807) is 13.3 Å². The molecule has 0 bridgehead atoms. The Morgan fingerprint density at radius 2 is 2.00 bits per heavy atom. The second kappa shape index (κ2) is 8.96. The number of H-pyrrole nitrogens is 1. The molecule has 6 nitrogen and oxygen atoms in total. The molecule has 3 N–H and O–H groups in total. The zero-order valence-corrected chi connectivity index (χ0v) is 14.2. The molecule has 1 amide bonds. The molecule has 1 atom stereocenters. The van der Waals surface area contributed by atoms with Gasteiger partial charge in [0, 0.05) is 11.8 Å². The molecule has 0 saturated carbocycles. The van der Waals surface area contributed by atoms with Gasteiger partial charge in [-0.05, 0) is 37.1 Å². The van der Waals surface area contributed by atoms with E-state index < -0.39 is 12.2 Å². The second-order valence-corrected chi connectivity index (χ2v) is 5.67. The van der Waals surface area contributed by atoms with E-state index in [0.29, 0.717) is 12.2 Å². The number of unbranched alkanes of at least 4 members (excludes halogenated alkanes) is 3. The van der Waals surface area contributed by atoms with Crippen molar-refractivity contribution in [1.29, 1.82) is 0 Å². The van der Waals surface area contributed by atoms with Gasteiger partial charge in [-0.25, -0.2) is 9.78 Å². The van der Waals surface area contributed by atoms with Gasteiger partial charge >= 0.3 is 6.09 Å². The van der Waals surface area contributed by atoms with Crippen molar-refractivity contribution < 1.29 is 14.3 Å². The highest BCUT2D eigenvalue weighted by molar-refractivity contribution is 5.65. The van der Waals surface area contributed by atoms with E-state index in [-0.39, 0.29) is 0 Å². The zero-order valence-electron chi connectivity index (χ0n) is 14.2. The number of nitrogens with zero attached hydrogens (tertiary/aromatic N) is 1. The van der Waals surface area contributed by atoms with Crippen LogP contribution >= 0.6 is 0 Å². The third-order valence-corrected chi connectivity index (χ3v) is 3.87. The minimum atomic E-state index is -0.780. The predicted molar refractivity (Wildman–Crippen MR) is 92.7 cm³/mol. The Kier molecular flexibility index (Phi) is 6.66. The van der Waals surface area contributed by atoms with Gasteiger partial charge in [-0.1, -0.05) is 26.2 Å². The molecule has 0 aliphatic rings. The molecule has 0 radical (unpaired) electrons. The Hall–Kier alpha value is -2.50. The third-order valence-electron chi connectivity index (χ3n) is 3.87. The summed E-state index contributed by atoms with van der Waals surface area (Å²) in [5.74, 6) is 1.41. The number of ether oxygens (including phenoxy) is 2. The van der Waals surface area contributed by atoms with Crippen LogP contribution in [0.3, 0.4) is 0 Å². The smallest absolute Gasteiger partial charge is 0.405 e. The first-order valence-corrected chi connectivity index (χ1v) is 8.29. The Morgan fingerprint density at radius 3 is 2.62 bits per heavy atom. The number of aromatic amines is 1. The predicted octanol–water partition coefficient (Wildman–Crippen LogP) is 4.19. The number of methoxy groups -OCH3 is 1. The standard InChI is InChI=1S/C18H25N3O3/c1-3-4-5-6-7-16(24-18(19)22)17-20-12-15(21-17)13-8-10-14(23-2)11-9-13/h8-12,16H,3-7H2,1-2H3,(H2,19,22)(H,20,21)/t16-/m0/s1. The summed E-state index contributed by atoms with van der Waals surface area (Å²) in [6.45, 7) is 2.16. The van der Waals surface area contributed by atoms with Gasteiger partial charge in [0.1, 0.15) is 11.6 Å². The summed E-state index contributed by atoms with van der Waals surface area (Å²) in [5, 5.41) is 0. The molecule has 0 aliphatic heterocycles. The van der Waals surface area contributed by atoms with E-state index in [2.05, 4.69) is 16.9 Å². The minimum absolute atomic E-state index is 0.439. The van der Waals surface area contributed by atoms with E-state index in [1.165, 1.54) is 6.42 Å². The first kappa shape index (κ1) is 17.8. The van der Waals surface area contributed by atoms with Gasteiger partial charge in [-0.2, -0.15) is 0 Å². The summed E-state index contributed by atoms with van der Waals surface area (Å²) in [5.41, 5.74) is 6.95. The normalized spacial score (nSPS) is 11.9. The quantitative estimate of drug-likeness (QED) is 0.674. The first-order chi connectivity index (χ1) is 11.6. The van der Waals surface area contributed by atoms with Gasteiger partial charge < -0.3 is 20.2 Å². The highest BCUT2D eigenvalue weighted by atomic mass is 16.6. The van der Waals surface area contributed by atoms with E-state index in [0.717, 1.165) is 36.3 Å². The number of hydrogen-bond acceptors (Lipinski definition) is 4. The lowest BCUT2D eigenvalue weighted by molar-refractivity contribution is 0.0947. The van der Waals surface area contributed by atoms with E-state index in [4.69, 9.17) is 15.2 Å². The molecule has 0 saturated heterocycles. The molecule has 0 unspecified atom stereocenters. The largest absolute Gasteiger partial charge is 0.497 e. The summed E-state index contributed by atoms with van der Waals surface area (Å²) in [6.07, 6.45) is 5.68. The third kappa shape index (κ3) is 5.01. The van der Waals surface area contributed by atoms with Crippen molar-refractivity contribution in [3.8, 4) is 17.0 Å². The Morgan fingerprint density at radius 1 is 1.25 bits per heavy atom. The molecule has 1 aromatic heterocycles. The number of aromatic nitrogens is 2. The fourth-order valence-electron chi connectivity index (χ4n) is 2.56. The number of benzene rings is 1. The number of primary amides is 1. The van der Waals surface area contributed by atoms with Crippen molar-refractivity contribution in [2.75, 3.05) is 7.11 Å². The monoisotopic (exact) mass is 331 g/mol. The maximum atomic E-state index is 11.2. The van der Waals surface area contributed by atoms with E-state index in [9.17, 15) is 4.79 Å².